The summed E-state index contributed by atoms with van der Waals surface area (Å²) in [6.07, 6.45) is 0. The summed E-state index contributed by atoms with van der Waals surface area (Å²) in [7, 11) is -1.13. The molecule has 68 valence electrons. The second kappa shape index (κ2) is 3.80. The molecule has 1 aromatic rings. The van der Waals surface area contributed by atoms with E-state index in [0.29, 0.717) is 0 Å². The van der Waals surface area contributed by atoms with Crippen LogP contribution in [0.5, 0.6) is 0 Å². The summed E-state index contributed by atoms with van der Waals surface area (Å²) in [5.41, 5.74) is 1.12. The summed E-state index contributed by atoms with van der Waals surface area (Å²) in [6.45, 7) is 8.93. The van der Waals surface area contributed by atoms with Crippen LogP contribution < -0.4 is 5.19 Å². The van der Waals surface area contributed by atoms with Gasteiger partial charge in [0.25, 0.3) is 0 Å². The van der Waals surface area contributed by atoms with Gasteiger partial charge >= 0.3 is 0 Å². The molecule has 0 bridgehead atoms. The lowest BCUT2D eigenvalue weighted by Crippen LogP contribution is -2.37. The van der Waals surface area contributed by atoms with E-state index in [1.54, 1.807) is 0 Å². The molecule has 13 heavy (non-hydrogen) atoms. The second-order valence-corrected chi connectivity index (χ2v) is 9.28. The van der Waals surface area contributed by atoms with Crippen LogP contribution >= 0.6 is 0 Å². The van der Waals surface area contributed by atoms with Crippen molar-refractivity contribution in [2.24, 2.45) is 0 Å². The molecule has 0 nitrogen and oxygen atoms in total. The van der Waals surface area contributed by atoms with Crippen molar-refractivity contribution < 1.29 is 0 Å². The highest BCUT2D eigenvalue weighted by molar-refractivity contribution is 6.88. The normalized spacial score (nSPS) is 10.5. The van der Waals surface area contributed by atoms with Crippen molar-refractivity contribution in [3.8, 4) is 11.8 Å². The van der Waals surface area contributed by atoms with Gasteiger partial charge in [-0.2, -0.15) is 0 Å². The van der Waals surface area contributed by atoms with Crippen LogP contribution in [0.2, 0.25) is 19.6 Å². The molecular weight excluding hydrogens is 172 g/mol. The van der Waals surface area contributed by atoms with Gasteiger partial charge in [0.05, 0.1) is 8.07 Å². The third-order valence-corrected chi connectivity index (χ3v) is 4.09. The van der Waals surface area contributed by atoms with Gasteiger partial charge in [-0.15, -0.1) is 5.92 Å². The summed E-state index contributed by atoms with van der Waals surface area (Å²) in [5, 5.41) is 1.49. The fourth-order valence-corrected chi connectivity index (χ4v) is 2.36. The molecule has 0 heterocycles. The summed E-state index contributed by atoms with van der Waals surface area (Å²) < 4.78 is 0. The van der Waals surface area contributed by atoms with Gasteiger partial charge in [0, 0.05) is 5.56 Å². The lowest BCUT2D eigenvalue weighted by atomic mass is 10.2. The van der Waals surface area contributed by atoms with Crippen LogP contribution in [0.25, 0.3) is 0 Å². The van der Waals surface area contributed by atoms with Crippen LogP contribution in [0.4, 0.5) is 0 Å². The minimum Gasteiger partial charge on any atom is -0.101 e. The quantitative estimate of drug-likeness (QED) is 0.469. The highest BCUT2D eigenvalue weighted by Gasteiger charge is 2.15. The van der Waals surface area contributed by atoms with Gasteiger partial charge in [-0.05, 0) is 19.1 Å². The van der Waals surface area contributed by atoms with E-state index < -0.39 is 8.07 Å². The smallest absolute Gasteiger partial charge is 0.0775 e. The zero-order chi connectivity index (χ0) is 9.90. The van der Waals surface area contributed by atoms with Crippen LogP contribution in [0.3, 0.4) is 0 Å². The highest BCUT2D eigenvalue weighted by Crippen LogP contribution is 2.03. The predicted octanol–water partition coefficient (Wildman–Crippen LogP) is 2.60. The van der Waals surface area contributed by atoms with Crippen LogP contribution in [0, 0.1) is 11.8 Å². The second-order valence-electron chi connectivity index (χ2n) is 4.20. The molecule has 1 heteroatoms. The van der Waals surface area contributed by atoms with E-state index in [1.807, 2.05) is 6.92 Å². The molecule has 0 aliphatic carbocycles. The third-order valence-electron chi connectivity index (χ3n) is 2.02. The first-order valence-electron chi connectivity index (χ1n) is 4.57. The Labute approximate surface area is 82.0 Å². The van der Waals surface area contributed by atoms with Crippen LogP contribution in [0.15, 0.2) is 24.3 Å². The number of hydrogen-bond acceptors (Lipinski definition) is 0. The molecule has 1 aromatic carbocycles. The zero-order valence-electron chi connectivity index (χ0n) is 8.81. The van der Waals surface area contributed by atoms with E-state index in [9.17, 15) is 0 Å². The van der Waals surface area contributed by atoms with Crippen molar-refractivity contribution in [2.45, 2.75) is 26.6 Å². The predicted molar refractivity (Wildman–Crippen MR) is 62.0 cm³/mol. The average Bonchev–Trinajstić information content (AvgIpc) is 2.04. The van der Waals surface area contributed by atoms with Gasteiger partial charge in [-0.25, -0.2) is 0 Å². The van der Waals surface area contributed by atoms with Crippen LogP contribution in [-0.4, -0.2) is 8.07 Å². The fraction of sp³-hybridized carbons (Fsp3) is 0.333. The van der Waals surface area contributed by atoms with E-state index in [4.69, 9.17) is 0 Å². The van der Waals surface area contributed by atoms with Gasteiger partial charge in [-0.1, -0.05) is 42.9 Å². The summed E-state index contributed by atoms with van der Waals surface area (Å²) >= 11 is 0. The highest BCUT2D eigenvalue weighted by atomic mass is 28.3. The number of benzene rings is 1. The van der Waals surface area contributed by atoms with Gasteiger partial charge in [-0.3, -0.25) is 0 Å². The molecule has 0 saturated heterocycles. The van der Waals surface area contributed by atoms with Crippen molar-refractivity contribution in [1.82, 2.24) is 0 Å². The zero-order valence-corrected chi connectivity index (χ0v) is 9.81. The number of rotatable bonds is 1. The molecule has 0 atom stereocenters. The largest absolute Gasteiger partial charge is 0.101 e. The minimum absolute atomic E-state index is 1.12. The van der Waals surface area contributed by atoms with Crippen molar-refractivity contribution in [2.75, 3.05) is 0 Å². The Kier molecular flexibility index (Phi) is 2.95. The monoisotopic (exact) mass is 188 g/mol. The Morgan fingerprint density at radius 2 is 1.54 bits per heavy atom. The van der Waals surface area contributed by atoms with E-state index in [1.165, 1.54) is 5.19 Å². The topological polar surface area (TPSA) is 0 Å². The molecule has 0 aliphatic heterocycles. The SMILES string of the molecule is CC#Cc1ccc([Si](C)(C)C)cc1. The maximum Gasteiger partial charge on any atom is 0.0775 e. The maximum atomic E-state index is 3.05. The lowest BCUT2D eigenvalue weighted by Gasteiger charge is -2.15. The molecule has 0 fully saturated rings. The van der Waals surface area contributed by atoms with Gasteiger partial charge in [0.2, 0.25) is 0 Å². The average molecular weight is 188 g/mol. The first kappa shape index (κ1) is 10.1. The Hall–Kier alpha value is -1.00. The van der Waals surface area contributed by atoms with Gasteiger partial charge in [0.1, 0.15) is 0 Å². The lowest BCUT2D eigenvalue weighted by molar-refractivity contribution is 1.63. The van der Waals surface area contributed by atoms with E-state index >= 15 is 0 Å². The van der Waals surface area contributed by atoms with E-state index in [-0.39, 0.29) is 0 Å². The van der Waals surface area contributed by atoms with Crippen molar-refractivity contribution in [3.63, 3.8) is 0 Å². The Morgan fingerprint density at radius 3 is 1.92 bits per heavy atom. The summed E-state index contributed by atoms with van der Waals surface area (Å²) in [6, 6.07) is 8.66. The van der Waals surface area contributed by atoms with Crippen LogP contribution in [-0.2, 0) is 0 Å². The van der Waals surface area contributed by atoms with Gasteiger partial charge < -0.3 is 0 Å². The molecule has 0 amide bonds. The first-order chi connectivity index (χ1) is 6.04. The number of hydrogen-bond donors (Lipinski definition) is 0. The Bertz CT molecular complexity index is 330. The molecule has 0 saturated carbocycles. The molecule has 0 aliphatic rings. The van der Waals surface area contributed by atoms with Gasteiger partial charge in [0.15, 0.2) is 0 Å². The summed E-state index contributed by atoms with van der Waals surface area (Å²) in [4.78, 5) is 0. The van der Waals surface area contributed by atoms with Crippen molar-refractivity contribution >= 4 is 13.3 Å². The Morgan fingerprint density at radius 1 is 1.00 bits per heavy atom. The van der Waals surface area contributed by atoms with Crippen molar-refractivity contribution in [3.05, 3.63) is 29.8 Å². The Balaban J connectivity index is 2.98. The molecule has 0 radical (unpaired) electrons. The molecular formula is C12H16Si. The van der Waals surface area contributed by atoms with E-state index in [0.717, 1.165) is 5.56 Å². The molecule has 0 N–H and O–H groups in total. The van der Waals surface area contributed by atoms with Crippen LogP contribution in [0.1, 0.15) is 12.5 Å². The molecule has 0 aromatic heterocycles. The third kappa shape index (κ3) is 2.75. The van der Waals surface area contributed by atoms with Crippen molar-refractivity contribution in [1.29, 1.82) is 0 Å². The maximum absolute atomic E-state index is 3.05. The molecule has 1 rings (SSSR count). The minimum atomic E-state index is -1.13. The molecule has 0 unspecified atom stereocenters. The standard InChI is InChI=1S/C12H16Si/c1-5-6-11-7-9-12(10-8-11)13(2,3)4/h7-10H,1-4H3. The van der Waals surface area contributed by atoms with E-state index in [2.05, 4.69) is 55.7 Å². The fourth-order valence-electron chi connectivity index (χ4n) is 1.20. The summed E-state index contributed by atoms with van der Waals surface area (Å²) in [5.74, 6) is 5.96. The molecule has 0 spiro atoms. The first-order valence-corrected chi connectivity index (χ1v) is 8.07.